The van der Waals surface area contributed by atoms with E-state index in [0.29, 0.717) is 19.8 Å². The zero-order chi connectivity index (χ0) is 11.5. The molecule has 0 saturated carbocycles. The molecule has 94 valence electrons. The molecule has 5 heteroatoms. The van der Waals surface area contributed by atoms with E-state index < -0.39 is 0 Å². The maximum Gasteiger partial charge on any atom is 0.163 e. The van der Waals surface area contributed by atoms with E-state index in [2.05, 4.69) is 6.92 Å². The van der Waals surface area contributed by atoms with E-state index in [9.17, 15) is 0 Å². The smallest absolute Gasteiger partial charge is 0.163 e. The zero-order valence-electron chi connectivity index (χ0n) is 10.0. The molecule has 0 aromatic carbocycles. The van der Waals surface area contributed by atoms with Gasteiger partial charge in [0, 0.05) is 20.1 Å². The molecule has 0 aromatic heterocycles. The maximum absolute atomic E-state index is 5.77. The first kappa shape index (κ1) is 12.3. The predicted octanol–water partition coefficient (Wildman–Crippen LogP) is 0.424. The van der Waals surface area contributed by atoms with Crippen molar-refractivity contribution in [2.45, 2.75) is 31.5 Å². The molecule has 0 N–H and O–H groups in total. The lowest BCUT2D eigenvalue weighted by atomic mass is 9.94. The number of ether oxygens (including phenoxy) is 5. The van der Waals surface area contributed by atoms with Crippen molar-refractivity contribution in [3.8, 4) is 0 Å². The van der Waals surface area contributed by atoms with Crippen molar-refractivity contribution in [1.82, 2.24) is 0 Å². The van der Waals surface area contributed by atoms with E-state index in [1.54, 1.807) is 14.2 Å². The minimum Gasteiger partial charge on any atom is -0.382 e. The van der Waals surface area contributed by atoms with Crippen LogP contribution in [0.2, 0.25) is 0 Å². The van der Waals surface area contributed by atoms with E-state index in [0.717, 1.165) is 0 Å². The van der Waals surface area contributed by atoms with Gasteiger partial charge in [-0.05, 0) is 0 Å². The van der Waals surface area contributed by atoms with Gasteiger partial charge in [-0.25, -0.2) is 0 Å². The fraction of sp³-hybridized carbons (Fsp3) is 1.00. The Bertz CT molecular complexity index is 222. The van der Waals surface area contributed by atoms with E-state index in [-0.39, 0.29) is 30.5 Å². The molecule has 2 fully saturated rings. The molecule has 2 saturated heterocycles. The Hall–Kier alpha value is -0.200. The SMILES string of the molecule is COCCOC1C(OC)[C@H](C)C2OC[C@@H]1O2. The normalized spacial score (nSPS) is 42.6. The number of hydrogen-bond donors (Lipinski definition) is 0. The first-order valence-electron chi connectivity index (χ1n) is 5.68. The van der Waals surface area contributed by atoms with Crippen LogP contribution >= 0.6 is 0 Å². The number of methoxy groups -OCH3 is 2. The van der Waals surface area contributed by atoms with Crippen LogP contribution in [0, 0.1) is 5.92 Å². The predicted molar refractivity (Wildman–Crippen MR) is 56.2 cm³/mol. The highest BCUT2D eigenvalue weighted by Gasteiger charge is 2.49. The van der Waals surface area contributed by atoms with Crippen LogP contribution in [0.5, 0.6) is 0 Å². The van der Waals surface area contributed by atoms with Gasteiger partial charge in [0.2, 0.25) is 0 Å². The largest absolute Gasteiger partial charge is 0.382 e. The van der Waals surface area contributed by atoms with Gasteiger partial charge in [-0.15, -0.1) is 0 Å². The Kier molecular flexibility index (Phi) is 4.16. The Morgan fingerprint density at radius 2 is 2.00 bits per heavy atom. The van der Waals surface area contributed by atoms with Crippen molar-refractivity contribution < 1.29 is 23.7 Å². The lowest BCUT2D eigenvalue weighted by Gasteiger charge is -2.38. The van der Waals surface area contributed by atoms with Gasteiger partial charge in [-0.3, -0.25) is 0 Å². The minimum atomic E-state index is -0.141. The highest BCUT2D eigenvalue weighted by atomic mass is 16.7. The van der Waals surface area contributed by atoms with Gasteiger partial charge in [-0.2, -0.15) is 0 Å². The Balaban J connectivity index is 1.96. The number of rotatable bonds is 5. The van der Waals surface area contributed by atoms with Crippen LogP contribution < -0.4 is 0 Å². The van der Waals surface area contributed by atoms with Gasteiger partial charge in [0.05, 0.1) is 25.9 Å². The Labute approximate surface area is 95.9 Å². The number of fused-ring (bicyclic) bond motifs is 2. The summed E-state index contributed by atoms with van der Waals surface area (Å²) in [6.45, 7) is 3.79. The second-order valence-corrected chi connectivity index (χ2v) is 4.26. The molecule has 5 nitrogen and oxygen atoms in total. The molecule has 3 unspecified atom stereocenters. The van der Waals surface area contributed by atoms with Gasteiger partial charge >= 0.3 is 0 Å². The van der Waals surface area contributed by atoms with E-state index >= 15 is 0 Å². The molecule has 16 heavy (non-hydrogen) atoms. The fourth-order valence-corrected chi connectivity index (χ4v) is 2.37. The summed E-state index contributed by atoms with van der Waals surface area (Å²) < 4.78 is 27.5. The summed E-state index contributed by atoms with van der Waals surface area (Å²) >= 11 is 0. The molecule has 5 atom stereocenters. The average Bonchev–Trinajstić information content (AvgIpc) is 2.72. The molecule has 2 rings (SSSR count). The molecule has 0 aliphatic carbocycles. The fourth-order valence-electron chi connectivity index (χ4n) is 2.37. The standard InChI is InChI=1S/C11H20O5/c1-7-9(13-3)10(14-5-4-12-2)8-6-15-11(7)16-8/h7-11H,4-6H2,1-3H3/t7-,8-,9?,10?,11?/m0/s1. The third-order valence-corrected chi connectivity index (χ3v) is 3.24. The second kappa shape index (κ2) is 5.42. The molecule has 2 aliphatic rings. The van der Waals surface area contributed by atoms with Crippen LogP contribution in [0.4, 0.5) is 0 Å². The first-order chi connectivity index (χ1) is 7.77. The minimum absolute atomic E-state index is 0.0111. The topological polar surface area (TPSA) is 46.2 Å². The van der Waals surface area contributed by atoms with Crippen molar-refractivity contribution in [3.63, 3.8) is 0 Å². The highest BCUT2D eigenvalue weighted by Crippen LogP contribution is 2.35. The van der Waals surface area contributed by atoms with Crippen molar-refractivity contribution in [3.05, 3.63) is 0 Å². The van der Waals surface area contributed by atoms with Crippen LogP contribution in [-0.4, -0.2) is 58.6 Å². The summed E-state index contributed by atoms with van der Waals surface area (Å²) in [6, 6.07) is 0. The van der Waals surface area contributed by atoms with Crippen LogP contribution in [0.25, 0.3) is 0 Å². The summed E-state index contributed by atoms with van der Waals surface area (Å²) in [5, 5.41) is 0. The Morgan fingerprint density at radius 3 is 2.69 bits per heavy atom. The average molecular weight is 232 g/mol. The van der Waals surface area contributed by atoms with Crippen LogP contribution in [0.1, 0.15) is 6.92 Å². The zero-order valence-corrected chi connectivity index (χ0v) is 10.0. The van der Waals surface area contributed by atoms with Gasteiger partial charge in [0.25, 0.3) is 0 Å². The maximum atomic E-state index is 5.77. The van der Waals surface area contributed by atoms with Gasteiger partial charge in [0.15, 0.2) is 6.29 Å². The molecule has 2 heterocycles. The first-order valence-corrected chi connectivity index (χ1v) is 5.68. The summed E-state index contributed by atoms with van der Waals surface area (Å²) in [5.41, 5.74) is 0. The molecule has 2 aliphatic heterocycles. The second-order valence-electron chi connectivity index (χ2n) is 4.26. The molecular weight excluding hydrogens is 212 g/mol. The third kappa shape index (κ3) is 2.24. The van der Waals surface area contributed by atoms with E-state index in [1.807, 2.05) is 0 Å². The van der Waals surface area contributed by atoms with Gasteiger partial charge in [-0.1, -0.05) is 6.92 Å². The lowest BCUT2D eigenvalue weighted by Crippen LogP contribution is -2.52. The molecule has 0 amide bonds. The third-order valence-electron chi connectivity index (χ3n) is 3.24. The van der Waals surface area contributed by atoms with Crippen molar-refractivity contribution >= 4 is 0 Å². The van der Waals surface area contributed by atoms with Crippen LogP contribution in [0.3, 0.4) is 0 Å². The van der Waals surface area contributed by atoms with Crippen molar-refractivity contribution in [1.29, 1.82) is 0 Å². The quantitative estimate of drug-likeness (QED) is 0.643. The van der Waals surface area contributed by atoms with Gasteiger partial charge < -0.3 is 23.7 Å². The summed E-state index contributed by atoms with van der Waals surface area (Å²) in [5.74, 6) is 0.191. The van der Waals surface area contributed by atoms with Crippen LogP contribution in [0.15, 0.2) is 0 Å². The monoisotopic (exact) mass is 232 g/mol. The van der Waals surface area contributed by atoms with E-state index in [1.165, 1.54) is 0 Å². The molecule has 0 spiro atoms. The van der Waals surface area contributed by atoms with Crippen LogP contribution in [-0.2, 0) is 23.7 Å². The number of hydrogen-bond acceptors (Lipinski definition) is 5. The summed E-state index contributed by atoms with van der Waals surface area (Å²) in [4.78, 5) is 0. The lowest BCUT2D eigenvalue weighted by molar-refractivity contribution is -0.220. The summed E-state index contributed by atoms with van der Waals surface area (Å²) in [6.07, 6.45) is -0.183. The van der Waals surface area contributed by atoms with Gasteiger partial charge in [0.1, 0.15) is 12.2 Å². The van der Waals surface area contributed by atoms with E-state index in [4.69, 9.17) is 23.7 Å². The van der Waals surface area contributed by atoms with Crippen molar-refractivity contribution in [2.24, 2.45) is 5.92 Å². The molecule has 2 bridgehead atoms. The molecule has 0 aromatic rings. The Morgan fingerprint density at radius 1 is 1.19 bits per heavy atom. The highest BCUT2D eigenvalue weighted by molar-refractivity contribution is 4.93. The summed E-state index contributed by atoms with van der Waals surface area (Å²) in [7, 11) is 3.37. The molecular formula is C11H20O5. The van der Waals surface area contributed by atoms with Crippen molar-refractivity contribution in [2.75, 3.05) is 34.0 Å². The molecule has 0 radical (unpaired) electrons.